The summed E-state index contributed by atoms with van der Waals surface area (Å²) < 4.78 is 131. The number of rotatable bonds is 7. The highest BCUT2D eigenvalue weighted by atomic mass is 32.2. The van der Waals surface area contributed by atoms with Gasteiger partial charge in [-0.2, -0.15) is 34.8 Å². The Balaban J connectivity index is 2.27. The molecule has 0 N–H and O–H groups in total. The Morgan fingerprint density at radius 2 is 1.33 bits per heavy atom. The first kappa shape index (κ1) is 24.1. The minimum atomic E-state index is -5.44. The topological polar surface area (TPSA) is 80.8 Å². The molecule has 0 atom stereocenters. The molecule has 0 unspecified atom stereocenters. The molecule has 0 aromatic heterocycles. The highest BCUT2D eigenvalue weighted by Crippen LogP contribution is 2.35. The van der Waals surface area contributed by atoms with Gasteiger partial charge in [0.05, 0.1) is 17.1 Å². The van der Waals surface area contributed by atoms with Crippen molar-refractivity contribution in [3.8, 4) is 0 Å². The van der Waals surface area contributed by atoms with Crippen molar-refractivity contribution in [1.82, 2.24) is 4.31 Å². The molecule has 0 saturated carbocycles. The van der Waals surface area contributed by atoms with Crippen molar-refractivity contribution in [3.05, 3.63) is 60.2 Å². The standard InChI is InChI=1S/C16H13F6NO5S2/c17-15(18,19)13-8-4-5-9-14(13)30(26,27)28-11-10-23(16(20,21)22)29(24,25)12-6-2-1-3-7-12/h1-9H,10-11H2. The van der Waals surface area contributed by atoms with Gasteiger partial charge >= 0.3 is 12.5 Å². The third kappa shape index (κ3) is 5.50. The predicted octanol–water partition coefficient (Wildman–Crippen LogP) is 3.62. The Hall–Kier alpha value is -2.16. The van der Waals surface area contributed by atoms with Gasteiger partial charge in [0.25, 0.3) is 10.1 Å². The number of halogens is 6. The van der Waals surface area contributed by atoms with Gasteiger partial charge in [-0.3, -0.25) is 4.18 Å². The molecule has 30 heavy (non-hydrogen) atoms. The van der Waals surface area contributed by atoms with E-state index in [0.29, 0.717) is 12.1 Å². The molecule has 2 aromatic rings. The van der Waals surface area contributed by atoms with Gasteiger partial charge in [0.2, 0.25) is 10.0 Å². The van der Waals surface area contributed by atoms with Crippen LogP contribution in [0.15, 0.2) is 64.4 Å². The minimum absolute atomic E-state index is 0.456. The highest BCUT2D eigenvalue weighted by Gasteiger charge is 2.46. The van der Waals surface area contributed by atoms with Crippen LogP contribution in [0.5, 0.6) is 0 Å². The highest BCUT2D eigenvalue weighted by molar-refractivity contribution is 7.89. The molecule has 0 saturated heterocycles. The second-order valence-electron chi connectivity index (χ2n) is 5.63. The third-order valence-corrected chi connectivity index (χ3v) is 6.82. The summed E-state index contributed by atoms with van der Waals surface area (Å²) in [4.78, 5) is -2.02. The second kappa shape index (κ2) is 8.53. The van der Waals surface area contributed by atoms with Crippen LogP contribution in [0.25, 0.3) is 0 Å². The van der Waals surface area contributed by atoms with E-state index in [4.69, 9.17) is 0 Å². The summed E-state index contributed by atoms with van der Waals surface area (Å²) in [7, 11) is -10.3. The van der Waals surface area contributed by atoms with Gasteiger partial charge in [-0.15, -0.1) is 4.31 Å². The minimum Gasteiger partial charge on any atom is -0.265 e. The van der Waals surface area contributed by atoms with E-state index < -0.39 is 65.4 Å². The molecule has 0 aliphatic heterocycles. The van der Waals surface area contributed by atoms with E-state index in [0.717, 1.165) is 24.3 Å². The zero-order valence-corrected chi connectivity index (χ0v) is 16.3. The summed E-state index contributed by atoms with van der Waals surface area (Å²) in [6.45, 7) is -2.88. The van der Waals surface area contributed by atoms with E-state index in [1.807, 2.05) is 0 Å². The molecular formula is C16H13F6NO5S2. The molecule has 6 nitrogen and oxygen atoms in total. The van der Waals surface area contributed by atoms with Crippen molar-refractivity contribution < 1.29 is 47.4 Å². The number of hydrogen-bond acceptors (Lipinski definition) is 5. The Morgan fingerprint density at radius 1 is 0.800 bits per heavy atom. The Labute approximate surface area is 167 Å². The van der Waals surface area contributed by atoms with Crippen molar-refractivity contribution in [2.75, 3.05) is 13.2 Å². The first-order valence-electron chi connectivity index (χ1n) is 7.87. The smallest absolute Gasteiger partial charge is 0.265 e. The lowest BCUT2D eigenvalue weighted by Gasteiger charge is -2.24. The average Bonchev–Trinajstić information content (AvgIpc) is 2.64. The van der Waals surface area contributed by atoms with Crippen LogP contribution in [-0.4, -0.2) is 40.6 Å². The van der Waals surface area contributed by atoms with E-state index >= 15 is 0 Å². The molecule has 166 valence electrons. The fourth-order valence-electron chi connectivity index (χ4n) is 2.32. The van der Waals surface area contributed by atoms with Gasteiger partial charge < -0.3 is 0 Å². The van der Waals surface area contributed by atoms with Crippen LogP contribution in [-0.2, 0) is 30.5 Å². The van der Waals surface area contributed by atoms with Crippen molar-refractivity contribution in [2.45, 2.75) is 22.3 Å². The summed E-state index contributed by atoms with van der Waals surface area (Å²) in [5.41, 5.74) is -1.57. The number of hydrogen-bond donors (Lipinski definition) is 0. The lowest BCUT2D eigenvalue weighted by molar-refractivity contribution is -0.211. The fourth-order valence-corrected chi connectivity index (χ4v) is 4.78. The quantitative estimate of drug-likeness (QED) is 0.346. The van der Waals surface area contributed by atoms with Gasteiger partial charge in [0.15, 0.2) is 0 Å². The van der Waals surface area contributed by atoms with Gasteiger partial charge in [-0.25, -0.2) is 8.42 Å². The molecule has 0 radical (unpaired) electrons. The molecule has 0 heterocycles. The van der Waals surface area contributed by atoms with Crippen molar-refractivity contribution in [3.63, 3.8) is 0 Å². The maximum Gasteiger partial charge on any atom is 0.473 e. The third-order valence-electron chi connectivity index (χ3n) is 3.61. The first-order chi connectivity index (χ1) is 13.7. The van der Waals surface area contributed by atoms with Crippen LogP contribution in [0, 0.1) is 0 Å². The van der Waals surface area contributed by atoms with Crippen molar-refractivity contribution in [2.24, 2.45) is 0 Å². The normalized spacial score (nSPS) is 13.6. The lowest BCUT2D eigenvalue weighted by atomic mass is 10.2. The summed E-state index contributed by atoms with van der Waals surface area (Å²) >= 11 is 0. The van der Waals surface area contributed by atoms with Gasteiger partial charge in [0.1, 0.15) is 4.90 Å². The van der Waals surface area contributed by atoms with Gasteiger partial charge in [0, 0.05) is 6.54 Å². The molecule has 0 amide bonds. The molecule has 0 spiro atoms. The first-order valence-corrected chi connectivity index (χ1v) is 10.7. The van der Waals surface area contributed by atoms with E-state index in [9.17, 15) is 43.2 Å². The number of benzene rings is 2. The molecule has 0 bridgehead atoms. The van der Waals surface area contributed by atoms with Gasteiger partial charge in [-0.1, -0.05) is 30.3 Å². The zero-order valence-electron chi connectivity index (χ0n) is 14.7. The maximum absolute atomic E-state index is 13.3. The van der Waals surface area contributed by atoms with E-state index in [-0.39, 0.29) is 0 Å². The summed E-state index contributed by atoms with van der Waals surface area (Å²) in [6.07, 6.45) is -10.5. The average molecular weight is 477 g/mol. The maximum atomic E-state index is 13.3. The van der Waals surface area contributed by atoms with Crippen LogP contribution < -0.4 is 0 Å². The second-order valence-corrected chi connectivity index (χ2v) is 9.07. The van der Waals surface area contributed by atoms with Crippen LogP contribution in [0.1, 0.15) is 5.56 Å². The Kier molecular flexibility index (Phi) is 6.85. The Bertz CT molecular complexity index is 1080. The predicted molar refractivity (Wildman–Crippen MR) is 91.0 cm³/mol. The van der Waals surface area contributed by atoms with E-state index in [1.54, 1.807) is 0 Å². The van der Waals surface area contributed by atoms with E-state index in [1.165, 1.54) is 18.2 Å². The molecule has 14 heteroatoms. The van der Waals surface area contributed by atoms with Gasteiger partial charge in [-0.05, 0) is 24.3 Å². The van der Waals surface area contributed by atoms with Crippen LogP contribution in [0.2, 0.25) is 0 Å². The van der Waals surface area contributed by atoms with Crippen molar-refractivity contribution >= 4 is 20.1 Å². The van der Waals surface area contributed by atoms with Crippen LogP contribution >= 0.6 is 0 Å². The summed E-state index contributed by atoms with van der Waals surface area (Å²) in [5, 5.41) is 0. The largest absolute Gasteiger partial charge is 0.473 e. The number of sulfonamides is 1. The van der Waals surface area contributed by atoms with Crippen LogP contribution in [0.3, 0.4) is 0 Å². The number of alkyl halides is 6. The molecule has 2 aromatic carbocycles. The summed E-state index contributed by atoms with van der Waals surface area (Å²) in [6, 6.07) is 8.42. The fraction of sp³-hybridized carbons (Fsp3) is 0.250. The molecule has 0 fully saturated rings. The summed E-state index contributed by atoms with van der Waals surface area (Å²) in [5.74, 6) is 0. The van der Waals surface area contributed by atoms with Crippen molar-refractivity contribution in [1.29, 1.82) is 0 Å². The lowest BCUT2D eigenvalue weighted by Crippen LogP contribution is -2.44. The molecule has 2 rings (SSSR count). The zero-order chi connectivity index (χ0) is 22.8. The number of nitrogens with zero attached hydrogens (tertiary/aromatic N) is 1. The van der Waals surface area contributed by atoms with E-state index in [2.05, 4.69) is 4.18 Å². The monoisotopic (exact) mass is 477 g/mol. The molecular weight excluding hydrogens is 464 g/mol. The Morgan fingerprint density at radius 3 is 1.87 bits per heavy atom. The molecule has 0 aliphatic rings. The SMILES string of the molecule is O=S(=O)(OCCN(C(F)(F)F)S(=O)(=O)c1ccccc1)c1ccccc1C(F)(F)F. The van der Waals surface area contributed by atoms with Crippen LogP contribution in [0.4, 0.5) is 26.3 Å². The molecule has 0 aliphatic carbocycles.